The normalized spacial score (nSPS) is 10.9. The van der Waals surface area contributed by atoms with E-state index in [2.05, 4.69) is 42.7 Å². The Morgan fingerprint density at radius 1 is 1.11 bits per heavy atom. The van der Waals surface area contributed by atoms with Gasteiger partial charge < -0.3 is 4.74 Å². The summed E-state index contributed by atoms with van der Waals surface area (Å²) in [5, 5.41) is 2.38. The molecule has 0 spiro atoms. The van der Waals surface area contributed by atoms with Gasteiger partial charge in [0.15, 0.2) is 0 Å². The Balaban J connectivity index is 2.43. The average molecular weight is 250 g/mol. The van der Waals surface area contributed by atoms with Gasteiger partial charge >= 0.3 is 0 Å². The molecule has 0 amide bonds. The quantitative estimate of drug-likeness (QED) is 0.723. The van der Waals surface area contributed by atoms with Gasteiger partial charge in [-0.05, 0) is 30.2 Å². The monoisotopic (exact) mass is 250 g/mol. The van der Waals surface area contributed by atoms with Crippen molar-refractivity contribution in [1.29, 1.82) is 0 Å². The molecule has 0 aliphatic carbocycles. The zero-order valence-electron chi connectivity index (χ0n) is 11.7. The molecule has 0 N–H and O–H groups in total. The summed E-state index contributed by atoms with van der Waals surface area (Å²) in [6.07, 6.45) is 0. The van der Waals surface area contributed by atoms with E-state index in [0.29, 0.717) is 0 Å². The maximum absolute atomic E-state index is 5.30. The first-order valence-corrected chi connectivity index (χ1v) is 6.29. The fourth-order valence-electron chi connectivity index (χ4n) is 1.83. The van der Waals surface area contributed by atoms with Crippen LogP contribution in [0.1, 0.15) is 19.4 Å². The first-order chi connectivity index (χ1) is 9.03. The zero-order chi connectivity index (χ0) is 13.9. The maximum Gasteiger partial charge on any atom is 0.123 e. The van der Waals surface area contributed by atoms with Gasteiger partial charge in [-0.15, -0.1) is 0 Å². The number of hydrogen-bond acceptors (Lipinski definition) is 1. The molecule has 0 saturated heterocycles. The molecule has 0 heterocycles. The van der Waals surface area contributed by atoms with Crippen LogP contribution in [0.15, 0.2) is 49.0 Å². The topological polar surface area (TPSA) is 9.23 Å². The Kier molecular flexibility index (Phi) is 3.74. The summed E-state index contributed by atoms with van der Waals surface area (Å²) in [7, 11) is 1.66. The van der Waals surface area contributed by atoms with Crippen LogP contribution in [0.25, 0.3) is 16.3 Å². The fourth-order valence-corrected chi connectivity index (χ4v) is 1.83. The second-order valence-corrected chi connectivity index (χ2v) is 4.97. The number of fused-ring (bicyclic) bond motifs is 1. The Morgan fingerprint density at radius 2 is 1.79 bits per heavy atom. The lowest BCUT2D eigenvalue weighted by atomic mass is 9.99. The molecule has 0 saturated carbocycles. The van der Waals surface area contributed by atoms with Gasteiger partial charge in [0.25, 0.3) is 0 Å². The molecule has 0 bridgehead atoms. The van der Waals surface area contributed by atoms with E-state index in [1.54, 1.807) is 7.11 Å². The van der Waals surface area contributed by atoms with Crippen molar-refractivity contribution in [3.8, 4) is 11.8 Å². The first kappa shape index (κ1) is 13.4. The highest BCUT2D eigenvalue weighted by molar-refractivity contribution is 5.96. The molecule has 0 radical (unpaired) electrons. The van der Waals surface area contributed by atoms with Gasteiger partial charge in [0, 0.05) is 12.7 Å². The predicted octanol–water partition coefficient (Wildman–Crippen LogP) is 4.28. The van der Waals surface area contributed by atoms with Gasteiger partial charge in [-0.1, -0.05) is 60.9 Å². The molecule has 96 valence electrons. The third kappa shape index (κ3) is 3.05. The Morgan fingerprint density at radius 3 is 2.53 bits per heavy atom. The minimum atomic E-state index is -0.451. The lowest BCUT2D eigenvalue weighted by Crippen LogP contribution is -2.19. The number of ether oxygens (including phenoxy) is 1. The predicted molar refractivity (Wildman–Crippen MR) is 81.8 cm³/mol. The van der Waals surface area contributed by atoms with Crippen molar-refractivity contribution in [2.45, 2.75) is 19.4 Å². The van der Waals surface area contributed by atoms with E-state index in [-0.39, 0.29) is 0 Å². The van der Waals surface area contributed by atoms with Gasteiger partial charge in [-0.2, -0.15) is 0 Å². The molecule has 1 nitrogen and oxygen atoms in total. The molecule has 2 rings (SSSR count). The third-order valence-electron chi connectivity index (χ3n) is 3.14. The largest absolute Gasteiger partial charge is 0.366 e. The van der Waals surface area contributed by atoms with Gasteiger partial charge in [0.2, 0.25) is 0 Å². The standard InChI is InChI=1S/C18H18O/c1-14(12-13-18(2,3)19-4)16-11-7-9-15-8-5-6-10-17(15)16/h5-11H,1H2,2-4H3. The minimum absolute atomic E-state index is 0.451. The molecule has 0 atom stereocenters. The SMILES string of the molecule is C=C(C#CC(C)(C)OC)c1cccc2ccccc12. The number of hydrogen-bond donors (Lipinski definition) is 0. The smallest absolute Gasteiger partial charge is 0.123 e. The second kappa shape index (κ2) is 5.30. The highest BCUT2D eigenvalue weighted by atomic mass is 16.5. The number of benzene rings is 2. The van der Waals surface area contributed by atoms with E-state index in [9.17, 15) is 0 Å². The minimum Gasteiger partial charge on any atom is -0.366 e. The van der Waals surface area contributed by atoms with Gasteiger partial charge in [0.1, 0.15) is 5.60 Å². The summed E-state index contributed by atoms with van der Waals surface area (Å²) >= 11 is 0. The lowest BCUT2D eigenvalue weighted by molar-refractivity contribution is 0.0742. The molecule has 2 aromatic carbocycles. The molecule has 0 unspecified atom stereocenters. The molecular formula is C18H18O. The van der Waals surface area contributed by atoms with Crippen LogP contribution in [-0.4, -0.2) is 12.7 Å². The van der Waals surface area contributed by atoms with Crippen molar-refractivity contribution < 1.29 is 4.74 Å². The van der Waals surface area contributed by atoms with Crippen LogP contribution in [0.3, 0.4) is 0 Å². The number of rotatable bonds is 2. The summed E-state index contributed by atoms with van der Waals surface area (Å²) in [6, 6.07) is 14.4. The highest BCUT2D eigenvalue weighted by Gasteiger charge is 2.11. The van der Waals surface area contributed by atoms with Crippen LogP contribution in [0.5, 0.6) is 0 Å². The summed E-state index contributed by atoms with van der Waals surface area (Å²) in [4.78, 5) is 0. The summed E-state index contributed by atoms with van der Waals surface area (Å²) in [5.41, 5.74) is 1.45. The molecule has 0 aliphatic heterocycles. The van der Waals surface area contributed by atoms with E-state index in [0.717, 1.165) is 11.1 Å². The Labute approximate surface area is 114 Å². The van der Waals surface area contributed by atoms with Crippen LogP contribution in [0.4, 0.5) is 0 Å². The molecule has 19 heavy (non-hydrogen) atoms. The van der Waals surface area contributed by atoms with Crippen LogP contribution >= 0.6 is 0 Å². The van der Waals surface area contributed by atoms with E-state index < -0.39 is 5.60 Å². The van der Waals surface area contributed by atoms with Crippen molar-refractivity contribution in [2.24, 2.45) is 0 Å². The lowest BCUT2D eigenvalue weighted by Gasteiger charge is -2.14. The van der Waals surface area contributed by atoms with E-state index >= 15 is 0 Å². The van der Waals surface area contributed by atoms with E-state index in [1.165, 1.54) is 10.8 Å². The summed E-state index contributed by atoms with van der Waals surface area (Å²) in [6.45, 7) is 7.96. The molecule has 1 heteroatoms. The van der Waals surface area contributed by atoms with Crippen LogP contribution in [0.2, 0.25) is 0 Å². The van der Waals surface area contributed by atoms with Crippen molar-refractivity contribution in [2.75, 3.05) is 7.11 Å². The molecular weight excluding hydrogens is 232 g/mol. The van der Waals surface area contributed by atoms with E-state index in [4.69, 9.17) is 4.74 Å². The van der Waals surface area contributed by atoms with Crippen molar-refractivity contribution in [1.82, 2.24) is 0 Å². The zero-order valence-corrected chi connectivity index (χ0v) is 11.7. The van der Waals surface area contributed by atoms with Crippen molar-refractivity contribution in [3.63, 3.8) is 0 Å². The highest BCUT2D eigenvalue weighted by Crippen LogP contribution is 2.23. The maximum atomic E-state index is 5.30. The van der Waals surface area contributed by atoms with Crippen LogP contribution in [0, 0.1) is 11.8 Å². The van der Waals surface area contributed by atoms with Crippen molar-refractivity contribution in [3.05, 3.63) is 54.6 Å². The van der Waals surface area contributed by atoms with Gasteiger partial charge in [-0.25, -0.2) is 0 Å². The molecule has 0 fully saturated rings. The summed E-state index contributed by atoms with van der Waals surface area (Å²) < 4.78 is 5.30. The Bertz CT molecular complexity index is 663. The van der Waals surface area contributed by atoms with Crippen molar-refractivity contribution >= 4 is 16.3 Å². The third-order valence-corrected chi connectivity index (χ3v) is 3.14. The molecule has 0 aliphatic rings. The van der Waals surface area contributed by atoms with Gasteiger partial charge in [-0.3, -0.25) is 0 Å². The molecule has 2 aromatic rings. The fraction of sp³-hybridized carbons (Fsp3) is 0.222. The van der Waals surface area contributed by atoms with Crippen LogP contribution in [-0.2, 0) is 4.74 Å². The number of allylic oxidation sites excluding steroid dienone is 1. The first-order valence-electron chi connectivity index (χ1n) is 6.29. The van der Waals surface area contributed by atoms with Gasteiger partial charge in [0.05, 0.1) is 0 Å². The molecule has 0 aromatic heterocycles. The van der Waals surface area contributed by atoms with E-state index in [1.807, 2.05) is 32.0 Å². The van der Waals surface area contributed by atoms with Crippen LogP contribution < -0.4 is 0 Å². The number of methoxy groups -OCH3 is 1. The Hall–Kier alpha value is -2.04. The average Bonchev–Trinajstić information content (AvgIpc) is 2.44. The summed E-state index contributed by atoms with van der Waals surface area (Å²) in [5.74, 6) is 6.21. The second-order valence-electron chi connectivity index (χ2n) is 4.97.